The van der Waals surface area contributed by atoms with Crippen molar-refractivity contribution in [2.75, 3.05) is 0 Å². The van der Waals surface area contributed by atoms with Gasteiger partial charge in [-0.15, -0.1) is 0 Å². The van der Waals surface area contributed by atoms with Gasteiger partial charge in [0.2, 0.25) is 6.29 Å². The van der Waals surface area contributed by atoms with Crippen LogP contribution in [-0.2, 0) is 4.79 Å². The average Bonchev–Trinajstić information content (AvgIpc) is 1.99. The van der Waals surface area contributed by atoms with Crippen LogP contribution in [0.5, 0.6) is 5.75 Å². The Hall–Kier alpha value is -0.730. The Morgan fingerprint density at radius 1 is 1.36 bits per heavy atom. The lowest BCUT2D eigenvalue weighted by Crippen LogP contribution is -1.80. The molecule has 0 saturated heterocycles. The second-order valence-corrected chi connectivity index (χ2v) is 2.68. The van der Waals surface area contributed by atoms with Crippen molar-refractivity contribution in [3.8, 4) is 5.75 Å². The van der Waals surface area contributed by atoms with E-state index >= 15 is 0 Å². The van der Waals surface area contributed by atoms with Crippen molar-refractivity contribution in [1.82, 2.24) is 0 Å². The standard InChI is InChI=1S/C7H3Cl2O2/c8-5-1-4(3-10)2-6(11)7(5)9/h1-2,11H. The predicted octanol–water partition coefficient (Wildman–Crippen LogP) is 2.16. The summed E-state index contributed by atoms with van der Waals surface area (Å²) in [5, 5.41) is 9.21. The van der Waals surface area contributed by atoms with Gasteiger partial charge in [0.05, 0.1) is 5.02 Å². The predicted molar refractivity (Wildman–Crippen MR) is 42.9 cm³/mol. The molecule has 11 heavy (non-hydrogen) atoms. The topological polar surface area (TPSA) is 37.3 Å². The Morgan fingerprint density at radius 2 is 2.00 bits per heavy atom. The molecule has 4 heteroatoms. The number of carbonyl (C=O) groups excluding carboxylic acids is 1. The summed E-state index contributed by atoms with van der Waals surface area (Å²) in [5.74, 6) is -0.211. The largest absolute Gasteiger partial charge is 0.506 e. The van der Waals surface area contributed by atoms with Crippen molar-refractivity contribution in [1.29, 1.82) is 0 Å². The number of phenols is 1. The van der Waals surface area contributed by atoms with Crippen LogP contribution in [-0.4, -0.2) is 11.4 Å². The Labute approximate surface area is 73.4 Å². The third-order valence-electron chi connectivity index (χ3n) is 1.13. The van der Waals surface area contributed by atoms with Crippen LogP contribution in [0.4, 0.5) is 0 Å². The Kier molecular flexibility index (Phi) is 2.37. The zero-order valence-electron chi connectivity index (χ0n) is 5.27. The highest BCUT2D eigenvalue weighted by molar-refractivity contribution is 6.43. The first-order chi connectivity index (χ1) is 5.15. The fraction of sp³-hybridized carbons (Fsp3) is 0. The molecule has 0 amide bonds. The molecule has 1 N–H and O–H groups in total. The van der Waals surface area contributed by atoms with Gasteiger partial charge in [-0.1, -0.05) is 23.2 Å². The molecule has 0 aliphatic carbocycles. The van der Waals surface area contributed by atoms with Gasteiger partial charge in [-0.2, -0.15) is 0 Å². The number of halogens is 2. The lowest BCUT2D eigenvalue weighted by Gasteiger charge is -1.98. The quantitative estimate of drug-likeness (QED) is 0.736. The van der Waals surface area contributed by atoms with Gasteiger partial charge in [-0.05, 0) is 12.1 Å². The van der Waals surface area contributed by atoms with E-state index in [4.69, 9.17) is 28.3 Å². The number of phenolic OH excluding ortho intramolecular Hbond substituents is 1. The highest BCUT2D eigenvalue weighted by Crippen LogP contribution is 2.31. The normalized spacial score (nSPS) is 9.64. The zero-order chi connectivity index (χ0) is 8.43. The van der Waals surface area contributed by atoms with E-state index in [1.165, 1.54) is 12.1 Å². The number of aromatic hydroxyl groups is 1. The third-order valence-corrected chi connectivity index (χ3v) is 1.92. The van der Waals surface area contributed by atoms with E-state index in [9.17, 15) is 4.79 Å². The van der Waals surface area contributed by atoms with Crippen molar-refractivity contribution < 1.29 is 9.90 Å². The zero-order valence-corrected chi connectivity index (χ0v) is 6.78. The van der Waals surface area contributed by atoms with Gasteiger partial charge < -0.3 is 5.11 Å². The van der Waals surface area contributed by atoms with E-state index in [0.29, 0.717) is 0 Å². The Balaban J connectivity index is 3.31. The molecular weight excluding hydrogens is 187 g/mol. The molecule has 0 fully saturated rings. The van der Waals surface area contributed by atoms with Crippen molar-refractivity contribution in [3.63, 3.8) is 0 Å². The van der Waals surface area contributed by atoms with E-state index in [1.54, 1.807) is 6.29 Å². The lowest BCUT2D eigenvalue weighted by molar-refractivity contribution is 0.475. The minimum atomic E-state index is -0.211. The number of hydrogen-bond acceptors (Lipinski definition) is 2. The van der Waals surface area contributed by atoms with Crippen LogP contribution in [0.1, 0.15) is 5.56 Å². The molecule has 0 aliphatic heterocycles. The SMILES string of the molecule is O=[C]c1cc(O)c(Cl)c(Cl)c1. The second-order valence-electron chi connectivity index (χ2n) is 1.89. The van der Waals surface area contributed by atoms with Crippen LogP contribution in [0, 0.1) is 0 Å². The van der Waals surface area contributed by atoms with Gasteiger partial charge in [-0.3, -0.25) is 4.79 Å². The highest BCUT2D eigenvalue weighted by Gasteiger charge is 2.05. The minimum absolute atomic E-state index is 0.0469. The van der Waals surface area contributed by atoms with Crippen LogP contribution in [0.15, 0.2) is 12.1 Å². The summed E-state index contributed by atoms with van der Waals surface area (Å²) >= 11 is 11.0. The average molecular weight is 190 g/mol. The summed E-state index contributed by atoms with van der Waals surface area (Å²) in [6.45, 7) is 0. The monoisotopic (exact) mass is 189 g/mol. The van der Waals surface area contributed by atoms with Gasteiger partial charge in [0, 0.05) is 5.56 Å². The van der Waals surface area contributed by atoms with Crippen LogP contribution < -0.4 is 0 Å². The van der Waals surface area contributed by atoms with E-state index in [0.717, 1.165) is 0 Å². The first kappa shape index (κ1) is 8.37. The summed E-state index contributed by atoms with van der Waals surface area (Å²) in [5.41, 5.74) is 0.178. The van der Waals surface area contributed by atoms with Gasteiger partial charge >= 0.3 is 0 Å². The molecule has 1 aromatic carbocycles. The van der Waals surface area contributed by atoms with E-state index < -0.39 is 0 Å². The lowest BCUT2D eigenvalue weighted by atomic mass is 10.2. The molecule has 0 aliphatic rings. The fourth-order valence-corrected chi connectivity index (χ4v) is 0.957. The molecule has 0 unspecified atom stereocenters. The van der Waals surface area contributed by atoms with Crippen LogP contribution >= 0.6 is 23.2 Å². The summed E-state index contributed by atoms with van der Waals surface area (Å²) in [6, 6.07) is 2.53. The Bertz CT molecular complexity index is 273. The van der Waals surface area contributed by atoms with Crippen LogP contribution in [0.25, 0.3) is 0 Å². The Morgan fingerprint density at radius 3 is 2.45 bits per heavy atom. The third kappa shape index (κ3) is 1.64. The molecule has 2 nitrogen and oxygen atoms in total. The molecule has 0 heterocycles. The van der Waals surface area contributed by atoms with Crippen molar-refractivity contribution in [3.05, 3.63) is 27.7 Å². The molecule has 0 bridgehead atoms. The summed E-state index contributed by atoms with van der Waals surface area (Å²) in [6.07, 6.45) is 1.58. The number of benzene rings is 1. The smallest absolute Gasteiger partial charge is 0.233 e. The van der Waals surface area contributed by atoms with Crippen LogP contribution in [0.2, 0.25) is 10.0 Å². The van der Waals surface area contributed by atoms with Gasteiger partial charge in [-0.25, -0.2) is 0 Å². The molecule has 1 aromatic rings. The van der Waals surface area contributed by atoms with Gasteiger partial charge in [0.25, 0.3) is 0 Å². The highest BCUT2D eigenvalue weighted by atomic mass is 35.5. The molecule has 1 radical (unpaired) electrons. The minimum Gasteiger partial charge on any atom is -0.506 e. The maximum Gasteiger partial charge on any atom is 0.233 e. The second kappa shape index (κ2) is 3.11. The van der Waals surface area contributed by atoms with Crippen molar-refractivity contribution in [2.24, 2.45) is 0 Å². The van der Waals surface area contributed by atoms with Crippen molar-refractivity contribution in [2.45, 2.75) is 0 Å². The van der Waals surface area contributed by atoms with Crippen LogP contribution in [0.3, 0.4) is 0 Å². The van der Waals surface area contributed by atoms with E-state index in [2.05, 4.69) is 0 Å². The first-order valence-electron chi connectivity index (χ1n) is 2.71. The molecule has 0 spiro atoms. The maximum absolute atomic E-state index is 10.1. The summed E-state index contributed by atoms with van der Waals surface area (Å²) < 4.78 is 0. The molecule has 0 saturated carbocycles. The number of hydrogen-bond donors (Lipinski definition) is 1. The first-order valence-corrected chi connectivity index (χ1v) is 3.47. The molecular formula is C7H3Cl2O2. The fourth-order valence-electron chi connectivity index (χ4n) is 0.633. The molecule has 0 aromatic heterocycles. The maximum atomic E-state index is 10.1. The summed E-state index contributed by atoms with van der Waals surface area (Å²) in [7, 11) is 0. The molecule has 57 valence electrons. The molecule has 0 atom stereocenters. The van der Waals surface area contributed by atoms with E-state index in [-0.39, 0.29) is 21.4 Å². The van der Waals surface area contributed by atoms with Gasteiger partial charge in [0.1, 0.15) is 10.8 Å². The number of rotatable bonds is 1. The van der Waals surface area contributed by atoms with Gasteiger partial charge in [0.15, 0.2) is 0 Å². The van der Waals surface area contributed by atoms with Crippen molar-refractivity contribution >= 4 is 29.5 Å². The molecule has 1 rings (SSSR count). The van der Waals surface area contributed by atoms with E-state index in [1.807, 2.05) is 0 Å². The summed E-state index contributed by atoms with van der Waals surface area (Å²) in [4.78, 5) is 10.1.